The number of carbonyl (C=O) groups excluding carboxylic acids is 1. The minimum Gasteiger partial charge on any atom is -0.310 e. The number of hydrogen-bond acceptors (Lipinski definition) is 3. The van der Waals surface area contributed by atoms with Crippen LogP contribution in [-0.4, -0.2) is 31.0 Å². The SMILES string of the molecule is O=[C]C12CCC(CN1)NC2. The zero-order chi connectivity index (χ0) is 7.03. The van der Waals surface area contributed by atoms with Gasteiger partial charge in [-0.25, -0.2) is 0 Å². The Morgan fingerprint density at radius 3 is 2.80 bits per heavy atom. The van der Waals surface area contributed by atoms with Crippen molar-refractivity contribution in [1.82, 2.24) is 10.6 Å². The van der Waals surface area contributed by atoms with Crippen LogP contribution in [0.5, 0.6) is 0 Å². The first-order valence-corrected chi connectivity index (χ1v) is 3.72. The molecular weight excluding hydrogens is 128 g/mol. The number of nitrogens with one attached hydrogen (secondary N) is 2. The van der Waals surface area contributed by atoms with Gasteiger partial charge in [-0.1, -0.05) is 0 Å². The Morgan fingerprint density at radius 2 is 2.50 bits per heavy atom. The van der Waals surface area contributed by atoms with Crippen molar-refractivity contribution in [2.75, 3.05) is 13.1 Å². The number of piperazine rings is 1. The van der Waals surface area contributed by atoms with E-state index in [2.05, 4.69) is 16.9 Å². The van der Waals surface area contributed by atoms with Crippen molar-refractivity contribution >= 4 is 6.29 Å². The van der Waals surface area contributed by atoms with Crippen molar-refractivity contribution in [3.63, 3.8) is 0 Å². The largest absolute Gasteiger partial charge is 0.310 e. The fourth-order valence-electron chi connectivity index (χ4n) is 1.70. The first-order valence-electron chi connectivity index (χ1n) is 3.72. The molecule has 0 amide bonds. The van der Waals surface area contributed by atoms with E-state index in [1.165, 1.54) is 0 Å². The molecule has 0 aliphatic carbocycles. The van der Waals surface area contributed by atoms with Crippen LogP contribution in [0.3, 0.4) is 0 Å². The van der Waals surface area contributed by atoms with E-state index in [0.717, 1.165) is 25.9 Å². The molecule has 3 saturated heterocycles. The van der Waals surface area contributed by atoms with Gasteiger partial charge < -0.3 is 10.6 Å². The Bertz CT molecular complexity index is 136. The van der Waals surface area contributed by atoms with Crippen LogP contribution in [0.2, 0.25) is 0 Å². The molecule has 3 nitrogen and oxygen atoms in total. The van der Waals surface area contributed by atoms with Gasteiger partial charge >= 0.3 is 0 Å². The third-order valence-corrected chi connectivity index (χ3v) is 2.49. The van der Waals surface area contributed by atoms with Gasteiger partial charge in [-0.15, -0.1) is 0 Å². The minimum atomic E-state index is -0.339. The van der Waals surface area contributed by atoms with Gasteiger partial charge in [-0.2, -0.15) is 0 Å². The molecule has 3 aliphatic rings. The molecule has 0 aromatic heterocycles. The molecule has 3 heterocycles. The highest BCUT2D eigenvalue weighted by Gasteiger charge is 2.40. The first kappa shape index (κ1) is 6.31. The second-order valence-corrected chi connectivity index (χ2v) is 3.18. The summed E-state index contributed by atoms with van der Waals surface area (Å²) < 4.78 is 0. The lowest BCUT2D eigenvalue weighted by Gasteiger charge is -2.43. The molecule has 3 aliphatic heterocycles. The van der Waals surface area contributed by atoms with E-state index in [0.29, 0.717) is 6.04 Å². The quantitative estimate of drug-likeness (QED) is 0.499. The van der Waals surface area contributed by atoms with Gasteiger partial charge in [0.2, 0.25) is 6.29 Å². The lowest BCUT2D eigenvalue weighted by molar-refractivity contribution is 0.202. The van der Waals surface area contributed by atoms with Crippen LogP contribution in [0, 0.1) is 0 Å². The molecule has 2 unspecified atom stereocenters. The standard InChI is InChI=1S/C7H11N2O/c10-5-7-2-1-6(3-9-7)8-4-7/h6,8-9H,1-4H2. The van der Waals surface area contributed by atoms with Crippen molar-refractivity contribution < 1.29 is 4.79 Å². The van der Waals surface area contributed by atoms with E-state index in [-0.39, 0.29) is 5.54 Å². The summed E-state index contributed by atoms with van der Waals surface area (Å²) in [5.41, 5.74) is -0.339. The zero-order valence-electron chi connectivity index (χ0n) is 5.81. The van der Waals surface area contributed by atoms with Crippen LogP contribution in [0.25, 0.3) is 0 Å². The minimum absolute atomic E-state index is 0.339. The van der Waals surface area contributed by atoms with Gasteiger partial charge in [0, 0.05) is 19.1 Å². The van der Waals surface area contributed by atoms with Crippen LogP contribution in [-0.2, 0) is 4.79 Å². The molecule has 2 atom stereocenters. The van der Waals surface area contributed by atoms with E-state index in [9.17, 15) is 4.79 Å². The Kier molecular flexibility index (Phi) is 1.28. The van der Waals surface area contributed by atoms with Crippen LogP contribution in [0.15, 0.2) is 0 Å². The predicted octanol–water partition coefficient (Wildman–Crippen LogP) is -0.810. The molecule has 10 heavy (non-hydrogen) atoms. The van der Waals surface area contributed by atoms with E-state index >= 15 is 0 Å². The predicted molar refractivity (Wildman–Crippen MR) is 37.5 cm³/mol. The second kappa shape index (κ2) is 2.04. The van der Waals surface area contributed by atoms with Crippen molar-refractivity contribution in [2.24, 2.45) is 0 Å². The number of hydrogen-bond donors (Lipinski definition) is 2. The van der Waals surface area contributed by atoms with Crippen LogP contribution in [0.4, 0.5) is 0 Å². The van der Waals surface area contributed by atoms with Gasteiger partial charge in [0.25, 0.3) is 0 Å². The summed E-state index contributed by atoms with van der Waals surface area (Å²) in [5, 5.41) is 6.48. The highest BCUT2D eigenvalue weighted by molar-refractivity contribution is 5.66. The maximum atomic E-state index is 10.5. The maximum Gasteiger partial charge on any atom is 0.221 e. The fourth-order valence-corrected chi connectivity index (χ4v) is 1.70. The molecule has 3 rings (SSSR count). The highest BCUT2D eigenvalue weighted by Crippen LogP contribution is 2.21. The lowest BCUT2D eigenvalue weighted by atomic mass is 9.84. The molecule has 0 saturated carbocycles. The highest BCUT2D eigenvalue weighted by atomic mass is 16.1. The van der Waals surface area contributed by atoms with Gasteiger partial charge in [-0.05, 0) is 12.8 Å². The van der Waals surface area contributed by atoms with Crippen molar-refractivity contribution in [1.29, 1.82) is 0 Å². The van der Waals surface area contributed by atoms with Gasteiger partial charge in [-0.3, -0.25) is 4.79 Å². The van der Waals surface area contributed by atoms with Crippen LogP contribution < -0.4 is 10.6 Å². The van der Waals surface area contributed by atoms with E-state index in [1.807, 2.05) is 0 Å². The number of piperidine rings is 2. The summed E-state index contributed by atoms with van der Waals surface area (Å²) in [7, 11) is 0. The molecular formula is C7H11N2O. The Balaban J connectivity index is 2.15. The molecule has 3 fully saturated rings. The summed E-state index contributed by atoms with van der Waals surface area (Å²) in [6, 6.07) is 0.593. The monoisotopic (exact) mass is 139 g/mol. The first-order chi connectivity index (χ1) is 4.85. The van der Waals surface area contributed by atoms with Crippen molar-refractivity contribution in [2.45, 2.75) is 24.4 Å². The van der Waals surface area contributed by atoms with Gasteiger partial charge in [0.1, 0.15) is 0 Å². The maximum absolute atomic E-state index is 10.5. The summed E-state index contributed by atoms with van der Waals surface area (Å²) in [4.78, 5) is 10.5. The Hall–Kier alpha value is -0.410. The van der Waals surface area contributed by atoms with E-state index in [4.69, 9.17) is 0 Å². The molecule has 55 valence electrons. The van der Waals surface area contributed by atoms with Crippen molar-refractivity contribution in [3.05, 3.63) is 0 Å². The normalized spacial score (nSPS) is 45.4. The Labute approximate surface area is 60.2 Å². The van der Waals surface area contributed by atoms with E-state index < -0.39 is 0 Å². The summed E-state index contributed by atoms with van der Waals surface area (Å²) in [6.07, 6.45) is 4.15. The average molecular weight is 139 g/mol. The zero-order valence-corrected chi connectivity index (χ0v) is 5.81. The number of fused-ring (bicyclic) bond motifs is 3. The van der Waals surface area contributed by atoms with Gasteiger partial charge in [0.15, 0.2) is 0 Å². The Morgan fingerprint density at radius 1 is 1.60 bits per heavy atom. The smallest absolute Gasteiger partial charge is 0.221 e. The molecule has 2 bridgehead atoms. The van der Waals surface area contributed by atoms with Gasteiger partial charge in [0.05, 0.1) is 5.54 Å². The third kappa shape index (κ3) is 0.777. The third-order valence-electron chi connectivity index (χ3n) is 2.49. The summed E-state index contributed by atoms with van der Waals surface area (Å²) >= 11 is 0. The lowest BCUT2D eigenvalue weighted by Crippen LogP contribution is -2.68. The molecule has 1 radical (unpaired) electrons. The molecule has 0 spiro atoms. The van der Waals surface area contributed by atoms with E-state index in [1.54, 1.807) is 0 Å². The average Bonchev–Trinajstić information content (AvgIpc) is 2.08. The summed E-state index contributed by atoms with van der Waals surface area (Å²) in [6.45, 7) is 1.69. The van der Waals surface area contributed by atoms with Crippen LogP contribution >= 0.6 is 0 Å². The van der Waals surface area contributed by atoms with Crippen LogP contribution in [0.1, 0.15) is 12.8 Å². The number of rotatable bonds is 1. The topological polar surface area (TPSA) is 41.1 Å². The van der Waals surface area contributed by atoms with Crippen molar-refractivity contribution in [3.8, 4) is 0 Å². The fraction of sp³-hybridized carbons (Fsp3) is 0.857. The summed E-state index contributed by atoms with van der Waals surface area (Å²) in [5.74, 6) is 0. The second-order valence-electron chi connectivity index (χ2n) is 3.18. The molecule has 0 aromatic carbocycles. The molecule has 2 N–H and O–H groups in total. The molecule has 0 aromatic rings. The molecule has 3 heteroatoms.